The van der Waals surface area contributed by atoms with Crippen molar-refractivity contribution in [3.8, 4) is 0 Å². The molecule has 0 saturated carbocycles. The second kappa shape index (κ2) is 5.59. The fourth-order valence-electron chi connectivity index (χ4n) is 1.60. The molecule has 1 unspecified atom stereocenters. The van der Waals surface area contributed by atoms with Crippen LogP contribution in [0.3, 0.4) is 0 Å². The summed E-state index contributed by atoms with van der Waals surface area (Å²) in [6.45, 7) is 1.74. The van der Waals surface area contributed by atoms with Gasteiger partial charge in [-0.15, -0.1) is 0 Å². The number of hydrogen-bond donors (Lipinski definition) is 0. The predicted molar refractivity (Wildman–Crippen MR) is 77.3 cm³/mol. The molecule has 0 aliphatic rings. The van der Waals surface area contributed by atoms with E-state index in [2.05, 4.69) is 0 Å². The van der Waals surface area contributed by atoms with E-state index in [-0.39, 0.29) is 5.78 Å². The van der Waals surface area contributed by atoms with Gasteiger partial charge in [0.05, 0.1) is 0 Å². The summed E-state index contributed by atoms with van der Waals surface area (Å²) >= 11 is 7.73. The number of thioether (sulfide) groups is 1. The van der Waals surface area contributed by atoms with Crippen LogP contribution in [0, 0.1) is 0 Å². The second-order valence-corrected chi connectivity index (χ2v) is 6.50. The topological polar surface area (TPSA) is 17.1 Å². The van der Waals surface area contributed by atoms with Gasteiger partial charge in [-0.2, -0.15) is 0 Å². The minimum Gasteiger partial charge on any atom is -0.291 e. The molecule has 0 radical (unpaired) electrons. The average molecular weight is 277 g/mol. The third-order valence-electron chi connectivity index (χ3n) is 2.49. The van der Waals surface area contributed by atoms with Gasteiger partial charge in [0.1, 0.15) is 0 Å². The van der Waals surface area contributed by atoms with Crippen molar-refractivity contribution >= 4 is 29.1 Å². The van der Waals surface area contributed by atoms with Gasteiger partial charge in [-0.05, 0) is 19.1 Å². The normalized spacial score (nSPS) is 13.9. The molecule has 18 heavy (non-hydrogen) atoms. The molecule has 2 aromatic rings. The van der Waals surface area contributed by atoms with E-state index in [1.807, 2.05) is 48.5 Å². The van der Waals surface area contributed by atoms with E-state index in [0.29, 0.717) is 5.56 Å². The Labute approximate surface area is 116 Å². The smallest absolute Gasteiger partial charge is 0.193 e. The standard InChI is InChI=1S/C15H13ClOS/c1-15(16,18-13-10-6-3-7-11-13)14(17)12-8-4-2-5-9-12/h2-11H,1H3. The van der Waals surface area contributed by atoms with Gasteiger partial charge in [0.25, 0.3) is 0 Å². The van der Waals surface area contributed by atoms with Crippen molar-refractivity contribution in [2.75, 3.05) is 0 Å². The van der Waals surface area contributed by atoms with Crippen molar-refractivity contribution in [1.29, 1.82) is 0 Å². The van der Waals surface area contributed by atoms with Gasteiger partial charge in [0.15, 0.2) is 9.99 Å². The molecule has 3 heteroatoms. The van der Waals surface area contributed by atoms with E-state index in [9.17, 15) is 4.79 Å². The summed E-state index contributed by atoms with van der Waals surface area (Å²) in [4.78, 5) is 13.3. The van der Waals surface area contributed by atoms with Gasteiger partial charge in [-0.3, -0.25) is 4.79 Å². The number of ketones is 1. The minimum atomic E-state index is -0.983. The maximum atomic E-state index is 12.3. The van der Waals surface area contributed by atoms with Crippen LogP contribution in [-0.2, 0) is 0 Å². The number of carbonyl (C=O) groups excluding carboxylic acids is 1. The van der Waals surface area contributed by atoms with Gasteiger partial charge in [-0.1, -0.05) is 71.9 Å². The lowest BCUT2D eigenvalue weighted by Crippen LogP contribution is -2.24. The van der Waals surface area contributed by atoms with Crippen molar-refractivity contribution in [3.05, 3.63) is 66.2 Å². The first-order valence-corrected chi connectivity index (χ1v) is 6.82. The van der Waals surface area contributed by atoms with Crippen LogP contribution in [0.15, 0.2) is 65.6 Å². The molecule has 0 aliphatic carbocycles. The van der Waals surface area contributed by atoms with E-state index in [1.54, 1.807) is 19.1 Å². The maximum Gasteiger partial charge on any atom is 0.193 e. The van der Waals surface area contributed by atoms with Crippen molar-refractivity contribution in [1.82, 2.24) is 0 Å². The summed E-state index contributed by atoms with van der Waals surface area (Å²) in [7, 11) is 0. The van der Waals surface area contributed by atoms with Crippen molar-refractivity contribution < 1.29 is 4.79 Å². The molecule has 0 heterocycles. The summed E-state index contributed by atoms with van der Waals surface area (Å²) in [5.74, 6) is -0.0707. The third-order valence-corrected chi connectivity index (χ3v) is 3.97. The van der Waals surface area contributed by atoms with Crippen LogP contribution in [0.25, 0.3) is 0 Å². The number of hydrogen-bond acceptors (Lipinski definition) is 2. The SMILES string of the molecule is CC(Cl)(Sc1ccccc1)C(=O)c1ccccc1. The molecular formula is C15H13ClOS. The van der Waals surface area contributed by atoms with Crippen LogP contribution in [0.5, 0.6) is 0 Å². The Balaban J connectivity index is 2.19. The Morgan fingerprint density at radius 1 is 1.00 bits per heavy atom. The lowest BCUT2D eigenvalue weighted by molar-refractivity contribution is 0.0981. The summed E-state index contributed by atoms with van der Waals surface area (Å²) < 4.78 is -0.983. The molecule has 0 spiro atoms. The molecule has 92 valence electrons. The van der Waals surface area contributed by atoms with E-state index in [4.69, 9.17) is 11.6 Å². The highest BCUT2D eigenvalue weighted by atomic mass is 35.5. The zero-order valence-electron chi connectivity index (χ0n) is 9.97. The number of rotatable bonds is 4. The van der Waals surface area contributed by atoms with Gasteiger partial charge < -0.3 is 0 Å². The zero-order chi connectivity index (χ0) is 13.0. The quantitative estimate of drug-likeness (QED) is 0.461. The van der Waals surface area contributed by atoms with Crippen molar-refractivity contribution in [3.63, 3.8) is 0 Å². The van der Waals surface area contributed by atoms with Gasteiger partial charge in [0.2, 0.25) is 0 Å². The fraction of sp³-hybridized carbons (Fsp3) is 0.133. The number of halogens is 1. The molecule has 0 amide bonds. The molecule has 1 atom stereocenters. The van der Waals surface area contributed by atoms with Crippen LogP contribution in [0.4, 0.5) is 0 Å². The van der Waals surface area contributed by atoms with E-state index in [1.165, 1.54) is 11.8 Å². The van der Waals surface area contributed by atoms with Gasteiger partial charge in [-0.25, -0.2) is 0 Å². The number of alkyl halides is 1. The van der Waals surface area contributed by atoms with Crippen LogP contribution in [0.1, 0.15) is 17.3 Å². The summed E-state index contributed by atoms with van der Waals surface area (Å²) in [5, 5.41) is 0. The Morgan fingerprint density at radius 3 is 2.06 bits per heavy atom. The lowest BCUT2D eigenvalue weighted by atomic mass is 10.1. The molecule has 0 saturated heterocycles. The largest absolute Gasteiger partial charge is 0.291 e. The number of carbonyl (C=O) groups is 1. The molecular weight excluding hydrogens is 264 g/mol. The first kappa shape index (κ1) is 13.2. The first-order chi connectivity index (χ1) is 8.59. The fourth-order valence-corrected chi connectivity index (χ4v) is 2.93. The molecule has 2 aromatic carbocycles. The Kier molecular flexibility index (Phi) is 4.10. The van der Waals surface area contributed by atoms with Crippen molar-refractivity contribution in [2.24, 2.45) is 0 Å². The van der Waals surface area contributed by atoms with Gasteiger partial charge in [0, 0.05) is 10.5 Å². The number of Topliss-reactive ketones (excluding diaryl/α,β-unsaturated/α-hetero) is 1. The minimum absolute atomic E-state index is 0.0707. The molecule has 0 bridgehead atoms. The highest BCUT2D eigenvalue weighted by molar-refractivity contribution is 8.02. The highest BCUT2D eigenvalue weighted by Crippen LogP contribution is 2.38. The van der Waals surface area contributed by atoms with E-state index in [0.717, 1.165) is 4.90 Å². The average Bonchev–Trinajstić information content (AvgIpc) is 2.39. The highest BCUT2D eigenvalue weighted by Gasteiger charge is 2.32. The number of benzene rings is 2. The molecule has 1 nitrogen and oxygen atoms in total. The monoisotopic (exact) mass is 276 g/mol. The Morgan fingerprint density at radius 2 is 1.50 bits per heavy atom. The zero-order valence-corrected chi connectivity index (χ0v) is 11.5. The lowest BCUT2D eigenvalue weighted by Gasteiger charge is -2.20. The molecule has 0 N–H and O–H groups in total. The van der Waals surface area contributed by atoms with Crippen molar-refractivity contribution in [2.45, 2.75) is 16.0 Å². The Hall–Kier alpha value is -1.25. The predicted octanol–water partition coefficient (Wildman–Crippen LogP) is 4.62. The van der Waals surface area contributed by atoms with E-state index < -0.39 is 4.21 Å². The molecule has 2 rings (SSSR count). The van der Waals surface area contributed by atoms with Crippen LogP contribution >= 0.6 is 23.4 Å². The maximum absolute atomic E-state index is 12.3. The first-order valence-electron chi connectivity index (χ1n) is 5.62. The third kappa shape index (κ3) is 3.15. The Bertz CT molecular complexity index is 523. The molecule has 0 aliphatic heterocycles. The summed E-state index contributed by atoms with van der Waals surface area (Å²) in [6, 6.07) is 18.8. The molecule has 0 fully saturated rings. The second-order valence-electron chi connectivity index (χ2n) is 4.03. The molecule has 0 aromatic heterocycles. The van der Waals surface area contributed by atoms with Crippen LogP contribution in [-0.4, -0.2) is 9.99 Å². The van der Waals surface area contributed by atoms with Crippen LogP contribution < -0.4 is 0 Å². The summed E-state index contributed by atoms with van der Waals surface area (Å²) in [5.41, 5.74) is 0.637. The van der Waals surface area contributed by atoms with Crippen LogP contribution in [0.2, 0.25) is 0 Å². The van der Waals surface area contributed by atoms with Gasteiger partial charge >= 0.3 is 0 Å². The van der Waals surface area contributed by atoms with E-state index >= 15 is 0 Å². The summed E-state index contributed by atoms with van der Waals surface area (Å²) in [6.07, 6.45) is 0.